The first kappa shape index (κ1) is 21.2. The summed E-state index contributed by atoms with van der Waals surface area (Å²) in [7, 11) is 1.67. The van der Waals surface area contributed by atoms with E-state index in [1.807, 2.05) is 36.4 Å². The van der Waals surface area contributed by atoms with Crippen molar-refractivity contribution in [1.82, 2.24) is 10.2 Å². The van der Waals surface area contributed by atoms with Crippen molar-refractivity contribution in [3.05, 3.63) is 54.1 Å². The van der Waals surface area contributed by atoms with Gasteiger partial charge in [0, 0.05) is 19.0 Å². The van der Waals surface area contributed by atoms with Crippen LogP contribution in [0.3, 0.4) is 0 Å². The predicted octanol–water partition coefficient (Wildman–Crippen LogP) is 2.76. The van der Waals surface area contributed by atoms with Crippen LogP contribution in [0, 0.1) is 0 Å². The SMILES string of the molecule is COc1ccccc1[C@H](CNC(=O)[C@@H]1CN(C(C)=O)c2ccccc2O1)N1CCCC1. The molecule has 164 valence electrons. The average Bonchev–Trinajstić information content (AvgIpc) is 3.33. The number of rotatable bonds is 6. The number of para-hydroxylation sites is 3. The van der Waals surface area contributed by atoms with Gasteiger partial charge in [-0.25, -0.2) is 0 Å². The molecule has 2 aromatic rings. The second-order valence-electron chi connectivity index (χ2n) is 7.95. The lowest BCUT2D eigenvalue weighted by Gasteiger charge is -2.34. The van der Waals surface area contributed by atoms with E-state index < -0.39 is 6.10 Å². The topological polar surface area (TPSA) is 71.1 Å². The zero-order chi connectivity index (χ0) is 21.8. The van der Waals surface area contributed by atoms with Crippen LogP contribution in [0.25, 0.3) is 0 Å². The van der Waals surface area contributed by atoms with Crippen molar-refractivity contribution in [2.24, 2.45) is 0 Å². The molecule has 1 saturated heterocycles. The molecule has 0 spiro atoms. The van der Waals surface area contributed by atoms with E-state index in [4.69, 9.17) is 9.47 Å². The first-order chi connectivity index (χ1) is 15.1. The maximum atomic E-state index is 13.1. The average molecular weight is 424 g/mol. The number of carbonyl (C=O) groups excluding carboxylic acids is 2. The van der Waals surface area contributed by atoms with Crippen LogP contribution in [-0.4, -0.2) is 56.1 Å². The molecule has 2 atom stereocenters. The highest BCUT2D eigenvalue weighted by Crippen LogP contribution is 2.34. The second kappa shape index (κ2) is 9.39. The Bertz CT molecular complexity index is 942. The maximum Gasteiger partial charge on any atom is 0.263 e. The third-order valence-corrected chi connectivity index (χ3v) is 6.00. The number of amides is 2. The van der Waals surface area contributed by atoms with Crippen molar-refractivity contribution in [2.75, 3.05) is 38.2 Å². The van der Waals surface area contributed by atoms with Crippen LogP contribution in [0.2, 0.25) is 0 Å². The Morgan fingerprint density at radius 2 is 1.84 bits per heavy atom. The van der Waals surface area contributed by atoms with Gasteiger partial charge in [-0.2, -0.15) is 0 Å². The maximum absolute atomic E-state index is 13.1. The number of fused-ring (bicyclic) bond motifs is 1. The summed E-state index contributed by atoms with van der Waals surface area (Å²) in [6.07, 6.45) is 1.54. The summed E-state index contributed by atoms with van der Waals surface area (Å²) >= 11 is 0. The number of likely N-dealkylation sites (tertiary alicyclic amines) is 1. The fourth-order valence-electron chi connectivity index (χ4n) is 4.41. The van der Waals surface area contributed by atoms with Gasteiger partial charge in [-0.3, -0.25) is 14.5 Å². The van der Waals surface area contributed by atoms with Gasteiger partial charge in [-0.15, -0.1) is 0 Å². The summed E-state index contributed by atoms with van der Waals surface area (Å²) in [6.45, 7) is 4.12. The van der Waals surface area contributed by atoms with Gasteiger partial charge >= 0.3 is 0 Å². The van der Waals surface area contributed by atoms with Crippen molar-refractivity contribution in [2.45, 2.75) is 31.9 Å². The monoisotopic (exact) mass is 423 g/mol. The van der Waals surface area contributed by atoms with Crippen molar-refractivity contribution in [1.29, 1.82) is 0 Å². The van der Waals surface area contributed by atoms with E-state index >= 15 is 0 Å². The molecule has 0 saturated carbocycles. The Labute approximate surface area is 182 Å². The van der Waals surface area contributed by atoms with Crippen LogP contribution in [0.4, 0.5) is 5.69 Å². The standard InChI is InChI=1S/C24H29N3O4/c1-17(28)27-16-23(31-22-12-6-4-10-19(22)27)24(29)25-15-20(26-13-7-8-14-26)18-9-3-5-11-21(18)30-2/h3-6,9-12,20,23H,7-8,13-16H2,1-2H3,(H,25,29)/t20-,23-/m0/s1. The Balaban J connectivity index is 1.50. The largest absolute Gasteiger partial charge is 0.496 e. The number of nitrogens with zero attached hydrogens (tertiary/aromatic N) is 2. The lowest BCUT2D eigenvalue weighted by atomic mass is 10.0. The molecule has 0 unspecified atom stereocenters. The number of ether oxygens (including phenoxy) is 2. The number of methoxy groups -OCH3 is 1. The molecule has 2 heterocycles. The molecule has 2 amide bonds. The highest BCUT2D eigenvalue weighted by atomic mass is 16.5. The van der Waals surface area contributed by atoms with Crippen molar-refractivity contribution < 1.29 is 19.1 Å². The van der Waals surface area contributed by atoms with Crippen LogP contribution in [0.15, 0.2) is 48.5 Å². The molecule has 4 rings (SSSR count). The number of hydrogen-bond donors (Lipinski definition) is 1. The van der Waals surface area contributed by atoms with E-state index in [2.05, 4.69) is 16.3 Å². The number of carbonyl (C=O) groups is 2. The molecule has 0 aromatic heterocycles. The van der Waals surface area contributed by atoms with Gasteiger partial charge in [0.05, 0.1) is 25.4 Å². The molecule has 1 fully saturated rings. The second-order valence-corrected chi connectivity index (χ2v) is 7.95. The van der Waals surface area contributed by atoms with Gasteiger partial charge in [0.1, 0.15) is 11.5 Å². The van der Waals surface area contributed by atoms with Gasteiger partial charge < -0.3 is 19.7 Å². The molecule has 31 heavy (non-hydrogen) atoms. The Kier molecular flexibility index (Phi) is 6.42. The number of anilines is 1. The molecule has 2 aliphatic rings. The smallest absolute Gasteiger partial charge is 0.263 e. The third-order valence-electron chi connectivity index (χ3n) is 6.00. The minimum Gasteiger partial charge on any atom is -0.496 e. The molecular formula is C24H29N3O4. The highest BCUT2D eigenvalue weighted by molar-refractivity contribution is 5.95. The van der Waals surface area contributed by atoms with Gasteiger partial charge in [0.2, 0.25) is 5.91 Å². The molecule has 0 aliphatic carbocycles. The van der Waals surface area contributed by atoms with Gasteiger partial charge in [0.25, 0.3) is 5.91 Å². The highest BCUT2D eigenvalue weighted by Gasteiger charge is 2.33. The molecule has 1 N–H and O–H groups in total. The fourth-order valence-corrected chi connectivity index (χ4v) is 4.41. The number of hydrogen-bond acceptors (Lipinski definition) is 5. The van der Waals surface area contributed by atoms with Crippen LogP contribution in [0.5, 0.6) is 11.5 Å². The molecule has 7 nitrogen and oxygen atoms in total. The van der Waals surface area contributed by atoms with Gasteiger partial charge in [-0.05, 0) is 44.1 Å². The molecule has 0 bridgehead atoms. The first-order valence-electron chi connectivity index (χ1n) is 10.8. The molecule has 7 heteroatoms. The van der Waals surface area contributed by atoms with Crippen molar-refractivity contribution in [3.63, 3.8) is 0 Å². The minimum atomic E-state index is -0.754. The van der Waals surface area contributed by atoms with Crippen LogP contribution in [-0.2, 0) is 9.59 Å². The minimum absolute atomic E-state index is 0.0161. The van der Waals surface area contributed by atoms with E-state index in [9.17, 15) is 9.59 Å². The number of benzene rings is 2. The number of nitrogens with one attached hydrogen (secondary N) is 1. The quantitative estimate of drug-likeness (QED) is 0.774. The van der Waals surface area contributed by atoms with Crippen LogP contribution >= 0.6 is 0 Å². The Morgan fingerprint density at radius 1 is 1.13 bits per heavy atom. The van der Waals surface area contributed by atoms with Crippen molar-refractivity contribution >= 4 is 17.5 Å². The summed E-state index contributed by atoms with van der Waals surface area (Å²) in [4.78, 5) is 29.2. The lowest BCUT2D eigenvalue weighted by molar-refractivity contribution is -0.128. The van der Waals surface area contributed by atoms with E-state index in [1.54, 1.807) is 18.1 Å². The zero-order valence-corrected chi connectivity index (χ0v) is 18.0. The summed E-state index contributed by atoms with van der Waals surface area (Å²) in [5.74, 6) is 1.03. The van der Waals surface area contributed by atoms with Crippen LogP contribution < -0.4 is 19.7 Å². The summed E-state index contributed by atoms with van der Waals surface area (Å²) in [6, 6.07) is 15.3. The fraction of sp³-hybridized carbons (Fsp3) is 0.417. The van der Waals surface area contributed by atoms with Gasteiger partial charge in [-0.1, -0.05) is 30.3 Å². The Morgan fingerprint density at radius 3 is 2.58 bits per heavy atom. The van der Waals surface area contributed by atoms with E-state index in [1.165, 1.54) is 6.92 Å². The summed E-state index contributed by atoms with van der Waals surface area (Å²) in [5.41, 5.74) is 1.76. The van der Waals surface area contributed by atoms with E-state index in [0.717, 1.165) is 37.2 Å². The zero-order valence-electron chi connectivity index (χ0n) is 18.0. The van der Waals surface area contributed by atoms with Gasteiger partial charge in [0.15, 0.2) is 6.10 Å². The summed E-state index contributed by atoms with van der Waals surface area (Å²) in [5, 5.41) is 3.07. The molecular weight excluding hydrogens is 394 g/mol. The molecule has 2 aliphatic heterocycles. The lowest BCUT2D eigenvalue weighted by Crippen LogP contribution is -2.51. The normalized spacial score (nSPS) is 19.3. The Hall–Kier alpha value is -3.06. The first-order valence-corrected chi connectivity index (χ1v) is 10.8. The summed E-state index contributed by atoms with van der Waals surface area (Å²) < 4.78 is 11.5. The van der Waals surface area contributed by atoms with E-state index in [0.29, 0.717) is 18.0 Å². The third kappa shape index (κ3) is 4.51. The molecule has 0 radical (unpaired) electrons. The van der Waals surface area contributed by atoms with Crippen LogP contribution in [0.1, 0.15) is 31.4 Å². The molecule has 2 aromatic carbocycles. The predicted molar refractivity (Wildman–Crippen MR) is 118 cm³/mol. The van der Waals surface area contributed by atoms with Crippen molar-refractivity contribution in [3.8, 4) is 11.5 Å². The van der Waals surface area contributed by atoms with E-state index in [-0.39, 0.29) is 24.4 Å².